The molecule has 20 heavy (non-hydrogen) atoms. The van der Waals surface area contributed by atoms with Crippen molar-refractivity contribution >= 4 is 0 Å². The molecule has 1 rings (SSSR count). The highest BCUT2D eigenvalue weighted by atomic mass is 19.1. The molecule has 0 radical (unpaired) electrons. The minimum absolute atomic E-state index is 0.0242. The van der Waals surface area contributed by atoms with Gasteiger partial charge in [0, 0.05) is 18.6 Å². The highest BCUT2D eigenvalue weighted by molar-refractivity contribution is 5.21. The third-order valence-corrected chi connectivity index (χ3v) is 3.67. The van der Waals surface area contributed by atoms with Crippen LogP contribution in [0, 0.1) is 5.82 Å². The van der Waals surface area contributed by atoms with E-state index in [0.717, 1.165) is 31.4 Å². The molecular formula is C16H27FN2O. The Morgan fingerprint density at radius 1 is 1.20 bits per heavy atom. The van der Waals surface area contributed by atoms with Crippen LogP contribution in [0.2, 0.25) is 0 Å². The number of hydrogen-bond donors (Lipinski definition) is 2. The molecule has 0 heterocycles. The first-order valence-electron chi connectivity index (χ1n) is 7.50. The van der Waals surface area contributed by atoms with Crippen LogP contribution in [0.25, 0.3) is 0 Å². The van der Waals surface area contributed by atoms with Gasteiger partial charge in [0.15, 0.2) is 0 Å². The van der Waals surface area contributed by atoms with Gasteiger partial charge in [-0.1, -0.05) is 32.4 Å². The summed E-state index contributed by atoms with van der Waals surface area (Å²) in [6.07, 6.45) is 3.00. The van der Waals surface area contributed by atoms with Gasteiger partial charge in [-0.25, -0.2) is 4.39 Å². The molecule has 0 saturated heterocycles. The first-order chi connectivity index (χ1) is 9.63. The summed E-state index contributed by atoms with van der Waals surface area (Å²) in [5.74, 6) is -0.236. The molecule has 2 atom stereocenters. The van der Waals surface area contributed by atoms with Crippen molar-refractivity contribution in [2.24, 2.45) is 5.73 Å². The summed E-state index contributed by atoms with van der Waals surface area (Å²) in [7, 11) is 0. The summed E-state index contributed by atoms with van der Waals surface area (Å²) in [5, 5.41) is 9.29. The molecule has 3 nitrogen and oxygen atoms in total. The zero-order chi connectivity index (χ0) is 15.0. The molecule has 1 aromatic rings. The third-order valence-electron chi connectivity index (χ3n) is 3.67. The van der Waals surface area contributed by atoms with E-state index in [2.05, 4.69) is 18.7 Å². The molecular weight excluding hydrogens is 255 g/mol. The Hall–Kier alpha value is -0.970. The van der Waals surface area contributed by atoms with Crippen LogP contribution in [0.5, 0.6) is 0 Å². The molecule has 0 aromatic heterocycles. The normalized spacial score (nSPS) is 14.5. The first-order valence-corrected chi connectivity index (χ1v) is 7.50. The van der Waals surface area contributed by atoms with E-state index < -0.39 is 0 Å². The van der Waals surface area contributed by atoms with E-state index in [1.807, 2.05) is 0 Å². The van der Waals surface area contributed by atoms with E-state index in [9.17, 15) is 9.50 Å². The van der Waals surface area contributed by atoms with Crippen molar-refractivity contribution in [1.82, 2.24) is 4.90 Å². The van der Waals surface area contributed by atoms with Gasteiger partial charge in [-0.15, -0.1) is 0 Å². The Balaban J connectivity index is 2.98. The van der Waals surface area contributed by atoms with E-state index >= 15 is 0 Å². The van der Waals surface area contributed by atoms with Gasteiger partial charge in [0.2, 0.25) is 0 Å². The zero-order valence-electron chi connectivity index (χ0n) is 12.6. The Bertz CT molecular complexity index is 369. The maximum Gasteiger partial charge on any atom is 0.123 e. The zero-order valence-corrected chi connectivity index (χ0v) is 12.6. The fraction of sp³-hybridized carbons (Fsp3) is 0.625. The summed E-state index contributed by atoms with van der Waals surface area (Å²) in [5.41, 5.74) is 7.29. The van der Waals surface area contributed by atoms with Crippen LogP contribution in [0.4, 0.5) is 4.39 Å². The lowest BCUT2D eigenvalue weighted by atomic mass is 9.96. The molecule has 0 spiro atoms. The van der Waals surface area contributed by atoms with Crippen LogP contribution in [0.3, 0.4) is 0 Å². The van der Waals surface area contributed by atoms with Crippen LogP contribution >= 0.6 is 0 Å². The lowest BCUT2D eigenvalue weighted by Crippen LogP contribution is -2.42. The summed E-state index contributed by atoms with van der Waals surface area (Å²) in [4.78, 5) is 2.21. The van der Waals surface area contributed by atoms with Gasteiger partial charge in [0.25, 0.3) is 0 Å². The maximum atomic E-state index is 13.1. The molecule has 0 fully saturated rings. The predicted octanol–water partition coefficient (Wildman–Crippen LogP) is 2.70. The molecule has 0 amide bonds. The SMILES string of the molecule is CCCCN(CCO)C(c1ccc(F)cc1)C(N)CC. The largest absolute Gasteiger partial charge is 0.395 e. The van der Waals surface area contributed by atoms with Crippen LogP contribution in [0.15, 0.2) is 24.3 Å². The Labute approximate surface area is 121 Å². The van der Waals surface area contributed by atoms with Crippen LogP contribution < -0.4 is 5.73 Å². The summed E-state index contributed by atoms with van der Waals surface area (Å²) < 4.78 is 13.1. The van der Waals surface area contributed by atoms with Gasteiger partial charge < -0.3 is 10.8 Å². The summed E-state index contributed by atoms with van der Waals surface area (Å²) in [6, 6.07) is 6.55. The van der Waals surface area contributed by atoms with Crippen molar-refractivity contribution in [2.45, 2.75) is 45.2 Å². The number of unbranched alkanes of at least 4 members (excludes halogenated alkanes) is 1. The first kappa shape index (κ1) is 17.1. The fourth-order valence-electron chi connectivity index (χ4n) is 2.49. The average molecular weight is 282 g/mol. The number of benzene rings is 1. The quantitative estimate of drug-likeness (QED) is 0.732. The number of halogens is 1. The lowest BCUT2D eigenvalue weighted by molar-refractivity contribution is 0.130. The molecule has 3 N–H and O–H groups in total. The Morgan fingerprint density at radius 3 is 2.35 bits per heavy atom. The number of hydrogen-bond acceptors (Lipinski definition) is 3. The Kier molecular flexibility index (Phi) is 7.73. The van der Waals surface area contributed by atoms with Gasteiger partial charge in [-0.2, -0.15) is 0 Å². The molecule has 0 aliphatic carbocycles. The number of nitrogens with zero attached hydrogens (tertiary/aromatic N) is 1. The third kappa shape index (κ3) is 4.85. The number of rotatable bonds is 9. The molecule has 0 saturated carbocycles. The minimum Gasteiger partial charge on any atom is -0.395 e. The number of aliphatic hydroxyl groups is 1. The molecule has 1 aromatic carbocycles. The lowest BCUT2D eigenvalue weighted by Gasteiger charge is -2.35. The number of nitrogens with two attached hydrogens (primary N) is 1. The topological polar surface area (TPSA) is 49.5 Å². The molecule has 0 aliphatic heterocycles. The van der Waals surface area contributed by atoms with Crippen molar-refractivity contribution < 1.29 is 9.50 Å². The monoisotopic (exact) mass is 282 g/mol. The number of aliphatic hydroxyl groups excluding tert-OH is 1. The summed E-state index contributed by atoms with van der Waals surface area (Å²) >= 11 is 0. The second kappa shape index (κ2) is 9.06. The van der Waals surface area contributed by atoms with Gasteiger partial charge in [0.05, 0.1) is 6.61 Å². The van der Waals surface area contributed by atoms with E-state index in [1.54, 1.807) is 12.1 Å². The van der Waals surface area contributed by atoms with Crippen LogP contribution in [-0.2, 0) is 0 Å². The van der Waals surface area contributed by atoms with Crippen molar-refractivity contribution in [3.63, 3.8) is 0 Å². The molecule has 2 unspecified atom stereocenters. The molecule has 0 aliphatic rings. The van der Waals surface area contributed by atoms with E-state index in [-0.39, 0.29) is 24.5 Å². The van der Waals surface area contributed by atoms with Crippen molar-refractivity contribution in [1.29, 1.82) is 0 Å². The van der Waals surface area contributed by atoms with E-state index in [0.29, 0.717) is 6.54 Å². The van der Waals surface area contributed by atoms with Gasteiger partial charge in [-0.05, 0) is 37.1 Å². The van der Waals surface area contributed by atoms with Crippen molar-refractivity contribution in [3.8, 4) is 0 Å². The van der Waals surface area contributed by atoms with Crippen LogP contribution in [0.1, 0.15) is 44.7 Å². The second-order valence-electron chi connectivity index (χ2n) is 5.18. The summed E-state index contributed by atoms with van der Waals surface area (Å²) in [6.45, 7) is 5.79. The highest BCUT2D eigenvalue weighted by Gasteiger charge is 2.25. The highest BCUT2D eigenvalue weighted by Crippen LogP contribution is 2.25. The van der Waals surface area contributed by atoms with Crippen molar-refractivity contribution in [2.75, 3.05) is 19.7 Å². The standard InChI is InChI=1S/C16H27FN2O/c1-3-5-10-19(11-12-20)16(15(18)4-2)13-6-8-14(17)9-7-13/h6-9,15-16,20H,3-5,10-12,18H2,1-2H3. The smallest absolute Gasteiger partial charge is 0.123 e. The molecule has 114 valence electrons. The Morgan fingerprint density at radius 2 is 1.85 bits per heavy atom. The van der Waals surface area contributed by atoms with Crippen molar-refractivity contribution in [3.05, 3.63) is 35.6 Å². The molecule has 0 bridgehead atoms. The fourth-order valence-corrected chi connectivity index (χ4v) is 2.49. The van der Waals surface area contributed by atoms with Gasteiger partial charge >= 0.3 is 0 Å². The van der Waals surface area contributed by atoms with Gasteiger partial charge in [-0.3, -0.25) is 4.90 Å². The predicted molar refractivity (Wildman–Crippen MR) is 81.0 cm³/mol. The molecule has 4 heteroatoms. The average Bonchev–Trinajstić information content (AvgIpc) is 2.46. The second-order valence-corrected chi connectivity index (χ2v) is 5.18. The van der Waals surface area contributed by atoms with Crippen LogP contribution in [-0.4, -0.2) is 35.7 Å². The van der Waals surface area contributed by atoms with E-state index in [4.69, 9.17) is 5.73 Å². The van der Waals surface area contributed by atoms with E-state index in [1.165, 1.54) is 12.1 Å². The van der Waals surface area contributed by atoms with Gasteiger partial charge in [0.1, 0.15) is 5.82 Å². The maximum absolute atomic E-state index is 13.1. The minimum atomic E-state index is -0.236.